The minimum Gasteiger partial charge on any atom is -0.294 e. The molecule has 3 heteroatoms. The van der Waals surface area contributed by atoms with Gasteiger partial charge < -0.3 is 0 Å². The molecule has 0 aromatic carbocycles. The van der Waals surface area contributed by atoms with Gasteiger partial charge in [-0.3, -0.25) is 4.90 Å². The highest BCUT2D eigenvalue weighted by molar-refractivity contribution is 6.29. The molecule has 2 bridgehead atoms. The standard InChI is InChI=1S/C13H17ClN2/c1-8(2)16-6-5-9-7-11(16)10-3-4-12(14)15-13(9)10/h3-4,8-9,11H,5-7H2,1-2H3/t9-,11+/m1/s1. The molecule has 0 spiro atoms. The molecular weight excluding hydrogens is 220 g/mol. The van der Waals surface area contributed by atoms with Crippen molar-refractivity contribution in [3.8, 4) is 0 Å². The van der Waals surface area contributed by atoms with Crippen molar-refractivity contribution in [1.82, 2.24) is 9.88 Å². The molecule has 0 saturated carbocycles. The Morgan fingerprint density at radius 3 is 3.00 bits per heavy atom. The normalized spacial score (nSPS) is 28.5. The van der Waals surface area contributed by atoms with E-state index in [1.165, 1.54) is 30.6 Å². The Kier molecular flexibility index (Phi) is 2.45. The summed E-state index contributed by atoms with van der Waals surface area (Å²) in [6.07, 6.45) is 2.47. The second-order valence-corrected chi connectivity index (χ2v) is 5.56. The highest BCUT2D eigenvalue weighted by Gasteiger charge is 2.40. The van der Waals surface area contributed by atoms with Crippen LogP contribution in [0.25, 0.3) is 0 Å². The maximum absolute atomic E-state index is 5.99. The van der Waals surface area contributed by atoms with Crippen LogP contribution in [-0.2, 0) is 0 Å². The molecule has 0 N–H and O–H groups in total. The largest absolute Gasteiger partial charge is 0.294 e. The summed E-state index contributed by atoms with van der Waals surface area (Å²) in [6.45, 7) is 5.75. The molecule has 1 aromatic rings. The summed E-state index contributed by atoms with van der Waals surface area (Å²) < 4.78 is 0. The molecule has 86 valence electrons. The van der Waals surface area contributed by atoms with Gasteiger partial charge >= 0.3 is 0 Å². The third-order valence-corrected chi connectivity index (χ3v) is 4.19. The van der Waals surface area contributed by atoms with Crippen molar-refractivity contribution in [3.63, 3.8) is 0 Å². The van der Waals surface area contributed by atoms with Crippen molar-refractivity contribution < 1.29 is 0 Å². The van der Waals surface area contributed by atoms with Gasteiger partial charge in [0.05, 0.1) is 5.69 Å². The number of fused-ring (bicyclic) bond motifs is 5. The van der Waals surface area contributed by atoms with Gasteiger partial charge in [-0.05, 0) is 44.9 Å². The van der Waals surface area contributed by atoms with Gasteiger partial charge in [0.2, 0.25) is 0 Å². The fourth-order valence-electron chi connectivity index (χ4n) is 3.23. The van der Waals surface area contributed by atoms with E-state index < -0.39 is 0 Å². The highest BCUT2D eigenvalue weighted by Crippen LogP contribution is 2.48. The lowest BCUT2D eigenvalue weighted by atomic mass is 9.96. The van der Waals surface area contributed by atoms with E-state index in [0.29, 0.717) is 23.2 Å². The van der Waals surface area contributed by atoms with Crippen LogP contribution in [0.5, 0.6) is 0 Å². The first-order valence-corrected chi connectivity index (χ1v) is 6.46. The second-order valence-electron chi connectivity index (χ2n) is 5.18. The van der Waals surface area contributed by atoms with Crippen LogP contribution < -0.4 is 0 Å². The quantitative estimate of drug-likeness (QED) is 0.695. The van der Waals surface area contributed by atoms with Crippen LogP contribution in [-0.4, -0.2) is 22.5 Å². The molecule has 1 saturated heterocycles. The summed E-state index contributed by atoms with van der Waals surface area (Å²) in [4.78, 5) is 7.12. The van der Waals surface area contributed by atoms with E-state index in [2.05, 4.69) is 29.8 Å². The number of piperidine rings is 1. The highest BCUT2D eigenvalue weighted by atomic mass is 35.5. The summed E-state index contributed by atoms with van der Waals surface area (Å²) >= 11 is 5.99. The first-order chi connectivity index (χ1) is 7.66. The monoisotopic (exact) mass is 236 g/mol. The van der Waals surface area contributed by atoms with Crippen LogP contribution in [0.4, 0.5) is 0 Å². The van der Waals surface area contributed by atoms with Crippen LogP contribution >= 0.6 is 11.6 Å². The van der Waals surface area contributed by atoms with Gasteiger partial charge in [0.25, 0.3) is 0 Å². The van der Waals surface area contributed by atoms with Gasteiger partial charge in [0, 0.05) is 18.0 Å². The summed E-state index contributed by atoms with van der Waals surface area (Å²) in [7, 11) is 0. The maximum atomic E-state index is 5.99. The molecule has 1 aliphatic carbocycles. The number of hydrogen-bond donors (Lipinski definition) is 0. The lowest BCUT2D eigenvalue weighted by molar-refractivity contribution is 0.116. The second kappa shape index (κ2) is 3.71. The molecule has 2 nitrogen and oxygen atoms in total. The van der Waals surface area contributed by atoms with Crippen LogP contribution in [0, 0.1) is 0 Å². The molecule has 2 aliphatic rings. The average molecular weight is 237 g/mol. The molecule has 2 atom stereocenters. The molecule has 1 aromatic heterocycles. The molecule has 16 heavy (non-hydrogen) atoms. The minimum absolute atomic E-state index is 0.582. The minimum atomic E-state index is 0.582. The predicted molar refractivity (Wildman–Crippen MR) is 65.8 cm³/mol. The third kappa shape index (κ3) is 1.47. The number of halogens is 1. The molecule has 0 unspecified atom stereocenters. The maximum Gasteiger partial charge on any atom is 0.129 e. The zero-order valence-corrected chi connectivity index (χ0v) is 10.5. The molecule has 1 aliphatic heterocycles. The number of aromatic nitrogens is 1. The number of pyridine rings is 1. The summed E-state index contributed by atoms with van der Waals surface area (Å²) in [6, 6.07) is 5.31. The topological polar surface area (TPSA) is 16.1 Å². The van der Waals surface area contributed by atoms with Crippen molar-refractivity contribution in [2.45, 2.75) is 44.7 Å². The Morgan fingerprint density at radius 1 is 1.44 bits per heavy atom. The predicted octanol–water partition coefficient (Wildman–Crippen LogP) is 3.38. The first kappa shape index (κ1) is 10.5. The third-order valence-electron chi connectivity index (χ3n) is 3.98. The van der Waals surface area contributed by atoms with Gasteiger partial charge in [0.15, 0.2) is 0 Å². The Morgan fingerprint density at radius 2 is 2.25 bits per heavy atom. The zero-order valence-electron chi connectivity index (χ0n) is 9.78. The van der Waals surface area contributed by atoms with Crippen molar-refractivity contribution in [2.24, 2.45) is 0 Å². The van der Waals surface area contributed by atoms with Crippen molar-refractivity contribution in [3.05, 3.63) is 28.5 Å². The fraction of sp³-hybridized carbons (Fsp3) is 0.615. The van der Waals surface area contributed by atoms with E-state index in [4.69, 9.17) is 11.6 Å². The molecular formula is C13H17ClN2. The summed E-state index contributed by atoms with van der Waals surface area (Å²) in [5.41, 5.74) is 2.68. The van der Waals surface area contributed by atoms with E-state index >= 15 is 0 Å². The van der Waals surface area contributed by atoms with Gasteiger partial charge in [0.1, 0.15) is 5.15 Å². The Balaban J connectivity index is 2.03. The van der Waals surface area contributed by atoms with E-state index in [9.17, 15) is 0 Å². The van der Waals surface area contributed by atoms with Crippen LogP contribution in [0.1, 0.15) is 49.9 Å². The summed E-state index contributed by atoms with van der Waals surface area (Å²) in [5.74, 6) is 0.647. The van der Waals surface area contributed by atoms with Crippen molar-refractivity contribution in [2.75, 3.05) is 6.54 Å². The van der Waals surface area contributed by atoms with Gasteiger partial charge in [-0.2, -0.15) is 0 Å². The van der Waals surface area contributed by atoms with Gasteiger partial charge in [-0.25, -0.2) is 4.98 Å². The SMILES string of the molecule is CC(C)N1CC[C@@H]2C[C@H]1c1ccc(Cl)nc12. The molecule has 3 rings (SSSR count). The van der Waals surface area contributed by atoms with Gasteiger partial charge in [-0.1, -0.05) is 17.7 Å². The van der Waals surface area contributed by atoms with Crippen molar-refractivity contribution >= 4 is 11.6 Å². The Labute approximate surface area is 102 Å². The van der Waals surface area contributed by atoms with E-state index in [0.717, 1.165) is 0 Å². The lowest BCUT2D eigenvalue weighted by Gasteiger charge is -2.36. The molecule has 2 heterocycles. The zero-order chi connectivity index (χ0) is 11.3. The lowest BCUT2D eigenvalue weighted by Crippen LogP contribution is -2.37. The van der Waals surface area contributed by atoms with Gasteiger partial charge in [-0.15, -0.1) is 0 Å². The number of likely N-dealkylation sites (tertiary alicyclic amines) is 1. The van der Waals surface area contributed by atoms with E-state index in [-0.39, 0.29) is 0 Å². The van der Waals surface area contributed by atoms with Crippen LogP contribution in [0.3, 0.4) is 0 Å². The number of rotatable bonds is 1. The number of hydrogen-bond acceptors (Lipinski definition) is 2. The summed E-state index contributed by atoms with van der Waals surface area (Å²) in [5, 5.41) is 0.641. The van der Waals surface area contributed by atoms with E-state index in [1.54, 1.807) is 0 Å². The molecule has 0 radical (unpaired) electrons. The molecule has 1 fully saturated rings. The van der Waals surface area contributed by atoms with Crippen LogP contribution in [0.2, 0.25) is 5.15 Å². The average Bonchev–Trinajstić information content (AvgIpc) is 2.52. The smallest absolute Gasteiger partial charge is 0.129 e. The Hall–Kier alpha value is -0.600. The van der Waals surface area contributed by atoms with Crippen molar-refractivity contribution in [1.29, 1.82) is 0 Å². The fourth-order valence-corrected chi connectivity index (χ4v) is 3.38. The number of nitrogens with zero attached hydrogens (tertiary/aromatic N) is 2. The van der Waals surface area contributed by atoms with E-state index in [1.807, 2.05) is 6.07 Å². The van der Waals surface area contributed by atoms with Crippen LogP contribution in [0.15, 0.2) is 12.1 Å². The molecule has 0 amide bonds. The first-order valence-electron chi connectivity index (χ1n) is 6.09. The Bertz CT molecular complexity index is 416.